The molecule has 0 unspecified atom stereocenters. The Morgan fingerprint density at radius 3 is 2.72 bits per heavy atom. The minimum atomic E-state index is -0.817. The summed E-state index contributed by atoms with van der Waals surface area (Å²) in [4.78, 5) is 12.4. The molecule has 0 saturated heterocycles. The number of benzene rings is 1. The van der Waals surface area contributed by atoms with Crippen LogP contribution in [0.4, 0.5) is 10.8 Å². The smallest absolute Gasteiger partial charge is 0.303 e. The fourth-order valence-electron chi connectivity index (χ4n) is 1.46. The molecule has 94 valence electrons. The first kappa shape index (κ1) is 12.5. The van der Waals surface area contributed by atoms with Crippen molar-refractivity contribution >= 4 is 28.1 Å². The lowest BCUT2D eigenvalue weighted by Gasteiger charge is -2.14. The van der Waals surface area contributed by atoms with E-state index >= 15 is 0 Å². The van der Waals surface area contributed by atoms with Crippen LogP contribution in [-0.2, 0) is 11.2 Å². The maximum Gasteiger partial charge on any atom is 0.303 e. The van der Waals surface area contributed by atoms with Crippen molar-refractivity contribution in [1.29, 1.82) is 0 Å². The summed E-state index contributed by atoms with van der Waals surface area (Å²) in [5, 5.41) is 18.2. The van der Waals surface area contributed by atoms with Crippen LogP contribution in [0.3, 0.4) is 0 Å². The molecule has 0 fully saturated rings. The third-order valence-corrected chi connectivity index (χ3v) is 3.50. The third kappa shape index (κ3) is 3.04. The normalized spacial score (nSPS) is 10.3. The maximum absolute atomic E-state index is 10.5. The van der Waals surface area contributed by atoms with E-state index in [0.717, 1.165) is 15.8 Å². The fraction of sp³-hybridized carbons (Fsp3) is 0.250. The van der Waals surface area contributed by atoms with Crippen LogP contribution in [0.5, 0.6) is 0 Å². The number of aromatic nitrogens is 2. The molecule has 1 N–H and O–H groups in total. The van der Waals surface area contributed by atoms with Gasteiger partial charge in [0, 0.05) is 19.2 Å². The minimum absolute atomic E-state index is 0.0870. The van der Waals surface area contributed by atoms with Gasteiger partial charge in [-0.2, -0.15) is 0 Å². The zero-order valence-electron chi connectivity index (χ0n) is 9.91. The van der Waals surface area contributed by atoms with Crippen molar-refractivity contribution in [3.05, 3.63) is 35.3 Å². The van der Waals surface area contributed by atoms with Crippen molar-refractivity contribution in [1.82, 2.24) is 10.2 Å². The Morgan fingerprint density at radius 1 is 1.33 bits per heavy atom. The molecule has 18 heavy (non-hydrogen) atoms. The van der Waals surface area contributed by atoms with Crippen molar-refractivity contribution in [3.8, 4) is 0 Å². The molecule has 6 heteroatoms. The molecule has 5 nitrogen and oxygen atoms in total. The van der Waals surface area contributed by atoms with Crippen molar-refractivity contribution in [2.75, 3.05) is 11.9 Å². The summed E-state index contributed by atoms with van der Waals surface area (Å²) in [6, 6.07) is 9.84. The molecule has 2 aromatic rings. The van der Waals surface area contributed by atoms with Gasteiger partial charge in [0.2, 0.25) is 5.13 Å². The second-order valence-electron chi connectivity index (χ2n) is 3.77. The number of aryl methyl sites for hydroxylation is 1. The Bertz CT molecular complexity index is 527. The van der Waals surface area contributed by atoms with E-state index < -0.39 is 5.97 Å². The monoisotopic (exact) mass is 263 g/mol. The number of hydrogen-bond acceptors (Lipinski definition) is 5. The molecule has 0 aliphatic rings. The van der Waals surface area contributed by atoms with Crippen LogP contribution in [-0.4, -0.2) is 28.3 Å². The largest absolute Gasteiger partial charge is 0.481 e. The predicted octanol–water partition coefficient (Wildman–Crippen LogP) is 2.32. The number of rotatable bonds is 5. The van der Waals surface area contributed by atoms with E-state index in [4.69, 9.17) is 5.11 Å². The highest BCUT2D eigenvalue weighted by atomic mass is 32.1. The van der Waals surface area contributed by atoms with Gasteiger partial charge in [-0.15, -0.1) is 10.2 Å². The highest BCUT2D eigenvalue weighted by Gasteiger charge is 2.11. The SMILES string of the molecule is CN(c1ccccc1)c1nnc(CCC(=O)O)s1. The van der Waals surface area contributed by atoms with Gasteiger partial charge in [0.25, 0.3) is 0 Å². The molecule has 0 aliphatic heterocycles. The van der Waals surface area contributed by atoms with Gasteiger partial charge in [-0.05, 0) is 12.1 Å². The molecular formula is C12H13N3O2S. The first-order valence-corrected chi connectivity index (χ1v) is 6.31. The van der Waals surface area contributed by atoms with Crippen molar-refractivity contribution < 1.29 is 9.90 Å². The first-order chi connectivity index (χ1) is 8.66. The lowest BCUT2D eigenvalue weighted by atomic mass is 10.3. The van der Waals surface area contributed by atoms with Gasteiger partial charge >= 0.3 is 5.97 Å². The quantitative estimate of drug-likeness (QED) is 0.896. The van der Waals surface area contributed by atoms with Crippen molar-refractivity contribution in [2.24, 2.45) is 0 Å². The van der Waals surface area contributed by atoms with Crippen LogP contribution in [0.2, 0.25) is 0 Å². The molecule has 0 bridgehead atoms. The van der Waals surface area contributed by atoms with Gasteiger partial charge in [-0.3, -0.25) is 4.79 Å². The van der Waals surface area contributed by atoms with Crippen LogP contribution >= 0.6 is 11.3 Å². The zero-order chi connectivity index (χ0) is 13.0. The average Bonchev–Trinajstić information content (AvgIpc) is 2.85. The summed E-state index contributed by atoms with van der Waals surface area (Å²) in [5.74, 6) is -0.817. The number of carboxylic acid groups (broad SMARTS) is 1. The average molecular weight is 263 g/mol. The number of nitrogens with zero attached hydrogens (tertiary/aromatic N) is 3. The van der Waals surface area contributed by atoms with E-state index in [1.54, 1.807) is 0 Å². The number of anilines is 2. The van der Waals surface area contributed by atoms with Gasteiger partial charge in [0.15, 0.2) is 0 Å². The van der Waals surface area contributed by atoms with E-state index in [0.29, 0.717) is 6.42 Å². The Hall–Kier alpha value is -1.95. The maximum atomic E-state index is 10.5. The van der Waals surface area contributed by atoms with Crippen LogP contribution in [0, 0.1) is 0 Å². The molecule has 0 aliphatic carbocycles. The van der Waals surface area contributed by atoms with E-state index in [1.807, 2.05) is 42.3 Å². The number of hydrogen-bond donors (Lipinski definition) is 1. The molecule has 0 atom stereocenters. The Morgan fingerprint density at radius 2 is 2.06 bits per heavy atom. The minimum Gasteiger partial charge on any atom is -0.481 e. The van der Waals surface area contributed by atoms with Crippen LogP contribution in [0.1, 0.15) is 11.4 Å². The Labute approximate surface area is 109 Å². The van der Waals surface area contributed by atoms with Gasteiger partial charge < -0.3 is 10.0 Å². The standard InChI is InChI=1S/C12H13N3O2S/c1-15(9-5-3-2-4-6-9)12-14-13-10(18-12)7-8-11(16)17/h2-6H,7-8H2,1H3,(H,16,17). The zero-order valence-corrected chi connectivity index (χ0v) is 10.7. The van der Waals surface area contributed by atoms with E-state index in [-0.39, 0.29) is 6.42 Å². The highest BCUT2D eigenvalue weighted by Crippen LogP contribution is 2.26. The first-order valence-electron chi connectivity index (χ1n) is 5.50. The topological polar surface area (TPSA) is 66.3 Å². The van der Waals surface area contributed by atoms with Gasteiger partial charge in [-0.1, -0.05) is 29.5 Å². The second kappa shape index (κ2) is 5.59. The summed E-state index contributed by atoms with van der Waals surface area (Å²) in [6.07, 6.45) is 0.513. The van der Waals surface area contributed by atoms with Gasteiger partial charge in [0.05, 0.1) is 6.42 Å². The molecule has 2 rings (SSSR count). The molecule has 0 saturated carbocycles. The predicted molar refractivity (Wildman–Crippen MR) is 70.4 cm³/mol. The van der Waals surface area contributed by atoms with Crippen LogP contribution in [0.15, 0.2) is 30.3 Å². The number of carboxylic acids is 1. The summed E-state index contributed by atoms with van der Waals surface area (Å²) in [7, 11) is 1.91. The molecule has 0 amide bonds. The summed E-state index contributed by atoms with van der Waals surface area (Å²) < 4.78 is 0. The third-order valence-electron chi connectivity index (χ3n) is 2.44. The van der Waals surface area contributed by atoms with Gasteiger partial charge in [-0.25, -0.2) is 0 Å². The number of carbonyl (C=O) groups is 1. The van der Waals surface area contributed by atoms with Crippen LogP contribution in [0.25, 0.3) is 0 Å². The van der Waals surface area contributed by atoms with E-state index in [1.165, 1.54) is 11.3 Å². The molecule has 0 spiro atoms. The fourth-order valence-corrected chi connectivity index (χ4v) is 2.28. The van der Waals surface area contributed by atoms with E-state index in [2.05, 4.69) is 10.2 Å². The lowest BCUT2D eigenvalue weighted by Crippen LogP contribution is -2.08. The molecule has 1 aromatic heterocycles. The van der Waals surface area contributed by atoms with Crippen LogP contribution < -0.4 is 4.90 Å². The molecular weight excluding hydrogens is 250 g/mol. The Kier molecular flexibility index (Phi) is 3.88. The second-order valence-corrected chi connectivity index (χ2v) is 4.81. The number of para-hydroxylation sites is 1. The molecule has 1 aromatic carbocycles. The lowest BCUT2D eigenvalue weighted by molar-refractivity contribution is -0.136. The summed E-state index contributed by atoms with van der Waals surface area (Å²) >= 11 is 1.42. The highest BCUT2D eigenvalue weighted by molar-refractivity contribution is 7.15. The summed E-state index contributed by atoms with van der Waals surface area (Å²) in [6.45, 7) is 0. The Balaban J connectivity index is 2.08. The van der Waals surface area contributed by atoms with Gasteiger partial charge in [0.1, 0.15) is 5.01 Å². The number of aliphatic carboxylic acids is 1. The van der Waals surface area contributed by atoms with E-state index in [9.17, 15) is 4.79 Å². The summed E-state index contributed by atoms with van der Waals surface area (Å²) in [5.41, 5.74) is 1.03. The van der Waals surface area contributed by atoms with Crippen molar-refractivity contribution in [2.45, 2.75) is 12.8 Å². The van der Waals surface area contributed by atoms with Crippen molar-refractivity contribution in [3.63, 3.8) is 0 Å². The molecule has 0 radical (unpaired) electrons. The molecule has 1 heterocycles.